The summed E-state index contributed by atoms with van der Waals surface area (Å²) in [6, 6.07) is 14.8. The van der Waals surface area contributed by atoms with Crippen molar-refractivity contribution in [3.8, 4) is 0 Å². The molecule has 2 unspecified atom stereocenters. The van der Waals surface area contributed by atoms with E-state index in [0.29, 0.717) is 6.04 Å². The number of hydrogen-bond acceptors (Lipinski definition) is 0. The highest BCUT2D eigenvalue weighted by atomic mass is 15.0. The summed E-state index contributed by atoms with van der Waals surface area (Å²) >= 11 is 0. The lowest BCUT2D eigenvalue weighted by Crippen LogP contribution is -2.53. The number of nitrogens with zero attached hydrogens (tertiary/aromatic N) is 1. The highest BCUT2D eigenvalue weighted by Gasteiger charge is 2.55. The third-order valence-corrected chi connectivity index (χ3v) is 7.23. The zero-order valence-electron chi connectivity index (χ0n) is 15.6. The predicted molar refractivity (Wildman–Crippen MR) is 99.4 cm³/mol. The maximum absolute atomic E-state index is 2.65. The van der Waals surface area contributed by atoms with Crippen LogP contribution in [0.4, 0.5) is 0 Å². The van der Waals surface area contributed by atoms with Crippen molar-refractivity contribution in [1.82, 2.24) is 0 Å². The van der Waals surface area contributed by atoms with E-state index in [1.165, 1.54) is 30.5 Å². The average molecular weight is 321 g/mol. The maximum Gasteiger partial charge on any atom is 0.192 e. The summed E-state index contributed by atoms with van der Waals surface area (Å²) in [5, 5.41) is 0. The van der Waals surface area contributed by atoms with Crippen molar-refractivity contribution in [3.63, 3.8) is 0 Å². The molecule has 2 bridgehead atoms. The molecule has 1 aromatic carbocycles. The molecule has 0 spiro atoms. The molecule has 1 aliphatic carbocycles. The van der Waals surface area contributed by atoms with Gasteiger partial charge in [-0.15, -0.1) is 0 Å². The first-order valence-electron chi connectivity index (χ1n) is 9.81. The summed E-state index contributed by atoms with van der Waals surface area (Å²) in [5.74, 6) is 0. The van der Waals surface area contributed by atoms with Crippen molar-refractivity contribution in [3.05, 3.63) is 65.0 Å². The van der Waals surface area contributed by atoms with Crippen molar-refractivity contribution in [2.24, 2.45) is 0 Å². The number of pyridine rings is 1. The average Bonchev–Trinajstić information content (AvgIpc) is 2.88. The van der Waals surface area contributed by atoms with Crippen LogP contribution in [0.25, 0.3) is 0 Å². The molecule has 1 heteroatoms. The number of rotatable bonds is 4. The molecule has 4 rings (SSSR count). The number of hydrogen-bond donors (Lipinski definition) is 0. The Hall–Kier alpha value is -1.63. The molecule has 2 aliphatic rings. The van der Waals surface area contributed by atoms with Crippen molar-refractivity contribution in [2.75, 3.05) is 0 Å². The minimum absolute atomic E-state index is 0.143. The van der Waals surface area contributed by atoms with Crippen molar-refractivity contribution in [2.45, 2.75) is 76.7 Å². The van der Waals surface area contributed by atoms with Crippen LogP contribution in [0.1, 0.15) is 81.8 Å². The van der Waals surface area contributed by atoms with Gasteiger partial charge < -0.3 is 0 Å². The fraction of sp³-hybridized carbons (Fsp3) is 0.522. The fourth-order valence-corrected chi connectivity index (χ4v) is 5.96. The van der Waals surface area contributed by atoms with E-state index in [2.05, 4.69) is 74.9 Å². The molecule has 24 heavy (non-hydrogen) atoms. The van der Waals surface area contributed by atoms with Gasteiger partial charge in [0.1, 0.15) is 0 Å². The number of fused-ring (bicyclic) bond motifs is 2. The van der Waals surface area contributed by atoms with Crippen LogP contribution in [0, 0.1) is 0 Å². The summed E-state index contributed by atoms with van der Waals surface area (Å²) in [4.78, 5) is 0. The molecule has 0 N–H and O–H groups in total. The summed E-state index contributed by atoms with van der Waals surface area (Å²) in [6.45, 7) is 9.51. The zero-order valence-corrected chi connectivity index (χ0v) is 15.6. The Morgan fingerprint density at radius 2 is 1.75 bits per heavy atom. The lowest BCUT2D eigenvalue weighted by Gasteiger charge is -2.33. The monoisotopic (exact) mass is 320 g/mol. The Bertz CT molecular complexity index is 771. The summed E-state index contributed by atoms with van der Waals surface area (Å²) in [6.07, 6.45) is 8.30. The lowest BCUT2D eigenvalue weighted by molar-refractivity contribution is -0.741. The first kappa shape index (κ1) is 15.9. The van der Waals surface area contributed by atoms with Crippen molar-refractivity contribution < 1.29 is 4.57 Å². The highest BCUT2D eigenvalue weighted by molar-refractivity contribution is 5.52. The fourth-order valence-electron chi connectivity index (χ4n) is 5.96. The minimum atomic E-state index is 0.143. The summed E-state index contributed by atoms with van der Waals surface area (Å²) < 4.78 is 2.65. The van der Waals surface area contributed by atoms with Crippen LogP contribution >= 0.6 is 0 Å². The second-order valence-electron chi connectivity index (χ2n) is 7.77. The van der Waals surface area contributed by atoms with E-state index in [4.69, 9.17) is 0 Å². The van der Waals surface area contributed by atoms with E-state index in [-0.39, 0.29) is 10.8 Å². The number of benzene rings is 1. The first-order chi connectivity index (χ1) is 11.7. The van der Waals surface area contributed by atoms with Gasteiger partial charge >= 0.3 is 0 Å². The van der Waals surface area contributed by atoms with Gasteiger partial charge in [0.15, 0.2) is 17.9 Å². The second kappa shape index (κ2) is 5.44. The molecular formula is C23H30N+. The third kappa shape index (κ3) is 1.74. The predicted octanol–water partition coefficient (Wildman–Crippen LogP) is 5.25. The van der Waals surface area contributed by atoms with Crippen LogP contribution in [-0.4, -0.2) is 0 Å². The topological polar surface area (TPSA) is 3.88 Å². The van der Waals surface area contributed by atoms with Gasteiger partial charge in [-0.3, -0.25) is 0 Å². The Kier molecular flexibility index (Phi) is 3.60. The van der Waals surface area contributed by atoms with Gasteiger partial charge in [0.05, 0.1) is 10.8 Å². The van der Waals surface area contributed by atoms with Crippen LogP contribution in [0.2, 0.25) is 0 Å². The van der Waals surface area contributed by atoms with Crippen LogP contribution in [0.3, 0.4) is 0 Å². The normalized spacial score (nSPS) is 26.1. The summed E-state index contributed by atoms with van der Waals surface area (Å²) in [7, 11) is 0. The first-order valence-corrected chi connectivity index (χ1v) is 9.81. The quantitative estimate of drug-likeness (QED) is 0.678. The molecule has 1 aliphatic heterocycles. The van der Waals surface area contributed by atoms with E-state index < -0.39 is 0 Å². The van der Waals surface area contributed by atoms with Gasteiger partial charge in [0, 0.05) is 18.6 Å². The molecule has 0 amide bonds. The van der Waals surface area contributed by atoms with E-state index in [1.807, 2.05) is 0 Å². The standard InChI is InChI=1S/C23H30N/c1-5-20-23(8-4)16-17-12-13-18(19(23)15-17)22(6-2,7-3)21-11-9-10-14-24(20)21/h9-15,20H,5-8,16H2,1-4H3/q+1. The molecule has 0 saturated heterocycles. The Balaban J connectivity index is 2.14. The van der Waals surface area contributed by atoms with E-state index in [0.717, 1.165) is 12.8 Å². The van der Waals surface area contributed by atoms with E-state index in [9.17, 15) is 0 Å². The van der Waals surface area contributed by atoms with Crippen molar-refractivity contribution >= 4 is 0 Å². The highest BCUT2D eigenvalue weighted by Crippen LogP contribution is 2.54. The second-order valence-corrected chi connectivity index (χ2v) is 7.77. The molecule has 126 valence electrons. The molecule has 0 radical (unpaired) electrons. The SMILES string of the molecule is CCC1[n+]2ccccc2C(CC)(CC)c2ccc3cc2C1(CC)C3. The van der Waals surface area contributed by atoms with E-state index in [1.54, 1.807) is 11.1 Å². The van der Waals surface area contributed by atoms with Gasteiger partial charge in [-0.2, -0.15) is 4.57 Å². The largest absolute Gasteiger partial charge is 0.198 e. The van der Waals surface area contributed by atoms with Crippen LogP contribution in [0.15, 0.2) is 42.6 Å². The van der Waals surface area contributed by atoms with Gasteiger partial charge in [-0.1, -0.05) is 52.0 Å². The minimum Gasteiger partial charge on any atom is -0.198 e. The molecular weight excluding hydrogens is 290 g/mol. The molecule has 0 fully saturated rings. The summed E-state index contributed by atoms with van der Waals surface area (Å²) in [5.41, 5.74) is 6.73. The van der Waals surface area contributed by atoms with Gasteiger partial charge in [-0.25, -0.2) is 0 Å². The van der Waals surface area contributed by atoms with Crippen LogP contribution in [0.5, 0.6) is 0 Å². The third-order valence-electron chi connectivity index (χ3n) is 7.23. The smallest absolute Gasteiger partial charge is 0.192 e. The Morgan fingerprint density at radius 3 is 2.42 bits per heavy atom. The van der Waals surface area contributed by atoms with Crippen LogP contribution in [-0.2, 0) is 17.3 Å². The molecule has 1 nitrogen and oxygen atoms in total. The molecule has 0 saturated carbocycles. The molecule has 2 atom stereocenters. The van der Waals surface area contributed by atoms with Crippen molar-refractivity contribution in [1.29, 1.82) is 0 Å². The van der Waals surface area contributed by atoms with Crippen LogP contribution < -0.4 is 4.57 Å². The Labute approximate surface area is 146 Å². The molecule has 2 aromatic rings. The number of aromatic nitrogens is 1. The zero-order chi connectivity index (χ0) is 16.9. The molecule has 1 aromatic heterocycles. The Morgan fingerprint density at radius 1 is 0.958 bits per heavy atom. The van der Waals surface area contributed by atoms with Gasteiger partial charge in [0.2, 0.25) is 0 Å². The van der Waals surface area contributed by atoms with E-state index >= 15 is 0 Å². The maximum atomic E-state index is 2.65. The van der Waals surface area contributed by atoms with Gasteiger partial charge in [-0.05, 0) is 42.4 Å². The molecule has 2 heterocycles. The lowest BCUT2D eigenvalue weighted by atomic mass is 9.67. The van der Waals surface area contributed by atoms with Gasteiger partial charge in [0.25, 0.3) is 0 Å².